The third kappa shape index (κ3) is 40.4. The Balaban J connectivity index is -0.000000174. The standard InChI is InChI=1S/2C4H8O2.C3H6O2/c1-3-4(5)6-2;1-3-6-4(2)5;1-3(4)5-2/h2*3H2,1-2H3;1-2H3. The lowest BCUT2D eigenvalue weighted by Crippen LogP contribution is -1.95. The molecule has 6 heteroatoms. The van der Waals surface area contributed by atoms with Gasteiger partial charge in [-0.15, -0.1) is 0 Å². The number of carbonyl (C=O) groups excluding carboxylic acids is 3. The van der Waals surface area contributed by atoms with E-state index in [0.717, 1.165) is 0 Å². The topological polar surface area (TPSA) is 78.9 Å². The molecule has 0 unspecified atom stereocenters. The lowest BCUT2D eigenvalue weighted by Gasteiger charge is -1.89. The second kappa shape index (κ2) is 16.8. The summed E-state index contributed by atoms with van der Waals surface area (Å²) in [6.07, 6.45) is 0.469. The van der Waals surface area contributed by atoms with E-state index in [4.69, 9.17) is 0 Å². The van der Waals surface area contributed by atoms with Gasteiger partial charge in [0, 0.05) is 20.3 Å². The lowest BCUT2D eigenvalue weighted by atomic mass is 10.5. The van der Waals surface area contributed by atoms with Crippen LogP contribution in [-0.4, -0.2) is 38.7 Å². The lowest BCUT2D eigenvalue weighted by molar-refractivity contribution is -0.141. The minimum atomic E-state index is -0.245. The molecule has 0 fully saturated rings. The Morgan fingerprint density at radius 3 is 1.29 bits per heavy atom. The molecule has 0 aliphatic carbocycles. The Labute approximate surface area is 102 Å². The van der Waals surface area contributed by atoms with Gasteiger partial charge in [-0.05, 0) is 6.92 Å². The van der Waals surface area contributed by atoms with Crippen LogP contribution in [-0.2, 0) is 28.6 Å². The molecule has 0 aliphatic rings. The smallest absolute Gasteiger partial charge is 0.305 e. The molecule has 0 saturated carbocycles. The summed E-state index contributed by atoms with van der Waals surface area (Å²) >= 11 is 0. The fourth-order valence-corrected chi connectivity index (χ4v) is 0.348. The van der Waals surface area contributed by atoms with Gasteiger partial charge in [-0.2, -0.15) is 0 Å². The Bertz CT molecular complexity index is 206. The molecule has 0 aliphatic heterocycles. The number of rotatable bonds is 2. The van der Waals surface area contributed by atoms with Crippen molar-refractivity contribution in [1.29, 1.82) is 0 Å². The van der Waals surface area contributed by atoms with Crippen LogP contribution in [0.4, 0.5) is 0 Å². The highest BCUT2D eigenvalue weighted by Gasteiger charge is 1.87. The second-order valence-electron chi connectivity index (χ2n) is 2.55. The summed E-state index contributed by atoms with van der Waals surface area (Å²) in [6.45, 7) is 6.77. The molecular formula is C11H22O6. The SMILES string of the molecule is CCC(=O)OC.CCOC(C)=O.COC(C)=O. The van der Waals surface area contributed by atoms with E-state index in [0.29, 0.717) is 13.0 Å². The van der Waals surface area contributed by atoms with Crippen LogP contribution in [0, 0.1) is 0 Å². The number of hydrogen-bond acceptors (Lipinski definition) is 6. The highest BCUT2D eigenvalue weighted by Crippen LogP contribution is 1.76. The van der Waals surface area contributed by atoms with Gasteiger partial charge in [-0.25, -0.2) is 0 Å². The summed E-state index contributed by atoms with van der Waals surface area (Å²) in [5, 5.41) is 0. The summed E-state index contributed by atoms with van der Waals surface area (Å²) in [7, 11) is 2.73. The van der Waals surface area contributed by atoms with E-state index in [1.807, 2.05) is 0 Å². The van der Waals surface area contributed by atoms with Crippen molar-refractivity contribution in [3.05, 3.63) is 0 Å². The van der Waals surface area contributed by atoms with Gasteiger partial charge in [0.25, 0.3) is 0 Å². The van der Waals surface area contributed by atoms with Crippen molar-refractivity contribution in [3.8, 4) is 0 Å². The third-order valence-corrected chi connectivity index (χ3v) is 1.15. The minimum Gasteiger partial charge on any atom is -0.469 e. The molecule has 102 valence electrons. The first-order chi connectivity index (χ1) is 7.85. The third-order valence-electron chi connectivity index (χ3n) is 1.15. The number of carbonyl (C=O) groups is 3. The van der Waals surface area contributed by atoms with E-state index in [1.54, 1.807) is 13.8 Å². The van der Waals surface area contributed by atoms with Gasteiger partial charge < -0.3 is 14.2 Å². The molecule has 0 spiro atoms. The first kappa shape index (κ1) is 20.8. The fraction of sp³-hybridized carbons (Fsp3) is 0.727. The molecule has 0 aromatic heterocycles. The summed E-state index contributed by atoms with van der Waals surface area (Å²) in [4.78, 5) is 29.4. The van der Waals surface area contributed by atoms with Crippen molar-refractivity contribution in [3.63, 3.8) is 0 Å². The second-order valence-corrected chi connectivity index (χ2v) is 2.55. The molecule has 17 heavy (non-hydrogen) atoms. The van der Waals surface area contributed by atoms with E-state index in [1.165, 1.54) is 28.1 Å². The largest absolute Gasteiger partial charge is 0.469 e. The molecule has 6 nitrogen and oxygen atoms in total. The van der Waals surface area contributed by atoms with Gasteiger partial charge in [0.1, 0.15) is 0 Å². The normalized spacial score (nSPS) is 7.41. The summed E-state index contributed by atoms with van der Waals surface area (Å²) in [5.41, 5.74) is 0. The van der Waals surface area contributed by atoms with E-state index in [-0.39, 0.29) is 17.9 Å². The van der Waals surface area contributed by atoms with Gasteiger partial charge in [0.2, 0.25) is 0 Å². The molecule has 0 atom stereocenters. The van der Waals surface area contributed by atoms with E-state index in [2.05, 4.69) is 14.2 Å². The Kier molecular flexibility index (Phi) is 20.6. The maximum absolute atomic E-state index is 9.96. The van der Waals surface area contributed by atoms with Crippen LogP contribution in [0.3, 0.4) is 0 Å². The van der Waals surface area contributed by atoms with Crippen molar-refractivity contribution in [2.75, 3.05) is 20.8 Å². The molecule has 0 radical (unpaired) electrons. The van der Waals surface area contributed by atoms with Crippen LogP contribution in [0.2, 0.25) is 0 Å². The fourth-order valence-electron chi connectivity index (χ4n) is 0.348. The van der Waals surface area contributed by atoms with Crippen molar-refractivity contribution < 1.29 is 28.6 Å². The molecule has 0 amide bonds. The Morgan fingerprint density at radius 2 is 1.29 bits per heavy atom. The highest BCUT2D eigenvalue weighted by molar-refractivity contribution is 5.68. The van der Waals surface area contributed by atoms with Crippen LogP contribution in [0.1, 0.15) is 34.1 Å². The molecule has 0 N–H and O–H groups in total. The van der Waals surface area contributed by atoms with Crippen LogP contribution in [0.15, 0.2) is 0 Å². The van der Waals surface area contributed by atoms with Gasteiger partial charge in [0.05, 0.1) is 20.8 Å². The van der Waals surface area contributed by atoms with Crippen LogP contribution >= 0.6 is 0 Å². The first-order valence-corrected chi connectivity index (χ1v) is 5.10. The number of hydrogen-bond donors (Lipinski definition) is 0. The molecule has 0 saturated heterocycles. The van der Waals surface area contributed by atoms with Crippen molar-refractivity contribution in [2.45, 2.75) is 34.1 Å². The van der Waals surface area contributed by atoms with E-state index in [9.17, 15) is 14.4 Å². The predicted octanol–water partition coefficient (Wildman–Crippen LogP) is 1.32. The van der Waals surface area contributed by atoms with E-state index >= 15 is 0 Å². The van der Waals surface area contributed by atoms with Crippen molar-refractivity contribution in [2.24, 2.45) is 0 Å². The predicted molar refractivity (Wildman–Crippen MR) is 62.3 cm³/mol. The average molecular weight is 250 g/mol. The Hall–Kier alpha value is -1.59. The molecular weight excluding hydrogens is 228 g/mol. The average Bonchev–Trinajstić information content (AvgIpc) is 2.29. The maximum atomic E-state index is 9.96. The number of ether oxygens (including phenoxy) is 3. The zero-order valence-corrected chi connectivity index (χ0v) is 11.4. The summed E-state index contributed by atoms with van der Waals surface area (Å²) in [6, 6.07) is 0. The van der Waals surface area contributed by atoms with Crippen molar-refractivity contribution in [1.82, 2.24) is 0 Å². The Morgan fingerprint density at radius 1 is 0.882 bits per heavy atom. The molecule has 0 aromatic rings. The molecule has 0 bridgehead atoms. The van der Waals surface area contributed by atoms with Gasteiger partial charge in [-0.1, -0.05) is 6.92 Å². The minimum absolute atomic E-state index is 0.157. The zero-order valence-electron chi connectivity index (χ0n) is 11.4. The van der Waals surface area contributed by atoms with Crippen molar-refractivity contribution >= 4 is 17.9 Å². The summed E-state index contributed by atoms with van der Waals surface area (Å²) in [5.74, 6) is -0.613. The maximum Gasteiger partial charge on any atom is 0.305 e. The quantitative estimate of drug-likeness (QED) is 0.543. The van der Waals surface area contributed by atoms with Gasteiger partial charge in [-0.3, -0.25) is 14.4 Å². The van der Waals surface area contributed by atoms with Crippen LogP contribution in [0.5, 0.6) is 0 Å². The zero-order chi connectivity index (χ0) is 14.3. The van der Waals surface area contributed by atoms with Crippen LogP contribution < -0.4 is 0 Å². The first-order valence-electron chi connectivity index (χ1n) is 5.10. The number of esters is 3. The van der Waals surface area contributed by atoms with Gasteiger partial charge >= 0.3 is 17.9 Å². The van der Waals surface area contributed by atoms with Crippen LogP contribution in [0.25, 0.3) is 0 Å². The van der Waals surface area contributed by atoms with Gasteiger partial charge in [0.15, 0.2) is 0 Å². The molecule has 0 rings (SSSR count). The monoisotopic (exact) mass is 250 g/mol. The molecule has 0 aromatic carbocycles. The van der Waals surface area contributed by atoms with E-state index < -0.39 is 0 Å². The summed E-state index contributed by atoms with van der Waals surface area (Å²) < 4.78 is 12.8. The number of methoxy groups -OCH3 is 2. The molecule has 0 heterocycles. The highest BCUT2D eigenvalue weighted by atomic mass is 16.5.